The fourth-order valence-electron chi connectivity index (χ4n) is 3.63. The lowest BCUT2D eigenvalue weighted by Gasteiger charge is -2.18. The van der Waals surface area contributed by atoms with Gasteiger partial charge in [0, 0.05) is 25.7 Å². The van der Waals surface area contributed by atoms with Gasteiger partial charge in [0.05, 0.1) is 36.9 Å². The topological polar surface area (TPSA) is 129 Å². The van der Waals surface area contributed by atoms with Crippen molar-refractivity contribution in [2.45, 2.75) is 20.4 Å². The number of aryl methyl sites for hydroxylation is 1. The fraction of sp³-hybridized carbons (Fsp3) is 0.292. The Balaban J connectivity index is 1.84. The second-order valence-corrected chi connectivity index (χ2v) is 8.04. The van der Waals surface area contributed by atoms with E-state index in [0.29, 0.717) is 35.0 Å². The van der Waals surface area contributed by atoms with Crippen molar-refractivity contribution in [2.24, 2.45) is 0 Å². The van der Waals surface area contributed by atoms with Crippen molar-refractivity contribution in [3.8, 4) is 11.5 Å². The molecule has 0 saturated heterocycles. The van der Waals surface area contributed by atoms with E-state index in [1.54, 1.807) is 56.9 Å². The van der Waals surface area contributed by atoms with Crippen LogP contribution >= 0.6 is 0 Å². The summed E-state index contributed by atoms with van der Waals surface area (Å²) in [6, 6.07) is 9.83. The lowest BCUT2D eigenvalue weighted by Crippen LogP contribution is -2.24. The standard InChI is InChI=1S/C24H27N5O6/c1-14-22(29(32)33)15(2)28(26-14)13-16-7-9-17(10-8-16)23(30)25-19-12-21(35-6)20(34-5)11-18(19)24(31)27(3)4/h7-12H,13H2,1-6H3,(H,25,30). The van der Waals surface area contributed by atoms with Crippen molar-refractivity contribution in [3.63, 3.8) is 0 Å². The molecule has 0 aliphatic heterocycles. The number of benzene rings is 2. The zero-order valence-corrected chi connectivity index (χ0v) is 20.4. The van der Waals surface area contributed by atoms with E-state index >= 15 is 0 Å². The second kappa shape index (κ2) is 10.2. The summed E-state index contributed by atoms with van der Waals surface area (Å²) >= 11 is 0. The first-order valence-corrected chi connectivity index (χ1v) is 10.6. The van der Waals surface area contributed by atoms with Crippen molar-refractivity contribution in [1.82, 2.24) is 14.7 Å². The number of hydrogen-bond donors (Lipinski definition) is 1. The van der Waals surface area contributed by atoms with Crippen LogP contribution < -0.4 is 14.8 Å². The lowest BCUT2D eigenvalue weighted by atomic mass is 10.1. The largest absolute Gasteiger partial charge is 0.493 e. The number of nitrogens with one attached hydrogen (secondary N) is 1. The van der Waals surface area contributed by atoms with Gasteiger partial charge in [-0.3, -0.25) is 24.4 Å². The van der Waals surface area contributed by atoms with E-state index < -0.39 is 10.8 Å². The minimum atomic E-state index is -0.439. The third kappa shape index (κ3) is 5.24. The number of amides is 2. The summed E-state index contributed by atoms with van der Waals surface area (Å²) in [7, 11) is 6.15. The predicted octanol–water partition coefficient (Wildman–Crippen LogP) is 3.43. The van der Waals surface area contributed by atoms with E-state index in [0.717, 1.165) is 5.56 Å². The third-order valence-electron chi connectivity index (χ3n) is 5.48. The van der Waals surface area contributed by atoms with E-state index in [1.165, 1.54) is 31.3 Å². The van der Waals surface area contributed by atoms with Gasteiger partial charge in [-0.05, 0) is 37.6 Å². The molecule has 3 aromatic rings. The number of anilines is 1. The third-order valence-corrected chi connectivity index (χ3v) is 5.48. The molecule has 1 heterocycles. The molecule has 11 heteroatoms. The Bertz CT molecular complexity index is 1280. The molecule has 0 aliphatic rings. The summed E-state index contributed by atoms with van der Waals surface area (Å²) < 4.78 is 12.2. The Kier molecular flexibility index (Phi) is 7.38. The van der Waals surface area contributed by atoms with Gasteiger partial charge in [-0.1, -0.05) is 12.1 Å². The monoisotopic (exact) mass is 481 g/mol. The zero-order valence-electron chi connectivity index (χ0n) is 20.4. The van der Waals surface area contributed by atoms with E-state index in [4.69, 9.17) is 9.47 Å². The molecule has 184 valence electrons. The van der Waals surface area contributed by atoms with Crippen LogP contribution in [0.15, 0.2) is 36.4 Å². The van der Waals surface area contributed by atoms with Crippen LogP contribution in [0.3, 0.4) is 0 Å². The summed E-state index contributed by atoms with van der Waals surface area (Å²) in [5.74, 6) is 0.00535. The Hall–Kier alpha value is -4.41. The van der Waals surface area contributed by atoms with Gasteiger partial charge in [0.15, 0.2) is 11.5 Å². The number of nitro groups is 1. The molecule has 0 fully saturated rings. The van der Waals surface area contributed by atoms with Crippen molar-refractivity contribution in [2.75, 3.05) is 33.6 Å². The van der Waals surface area contributed by atoms with Crippen LogP contribution in [0.2, 0.25) is 0 Å². The van der Waals surface area contributed by atoms with Gasteiger partial charge < -0.3 is 19.7 Å². The maximum Gasteiger partial charge on any atom is 0.312 e. The quantitative estimate of drug-likeness (QED) is 0.385. The van der Waals surface area contributed by atoms with Gasteiger partial charge >= 0.3 is 5.69 Å². The molecule has 0 atom stereocenters. The second-order valence-electron chi connectivity index (χ2n) is 8.04. The maximum absolute atomic E-state index is 13.0. The fourth-order valence-corrected chi connectivity index (χ4v) is 3.63. The molecule has 2 amide bonds. The van der Waals surface area contributed by atoms with Gasteiger partial charge in [0.1, 0.15) is 11.4 Å². The number of methoxy groups -OCH3 is 2. The molecule has 0 spiro atoms. The summed E-state index contributed by atoms with van der Waals surface area (Å²) in [6.07, 6.45) is 0. The van der Waals surface area contributed by atoms with E-state index in [9.17, 15) is 19.7 Å². The molecular weight excluding hydrogens is 454 g/mol. The number of carbonyl (C=O) groups is 2. The highest BCUT2D eigenvalue weighted by Gasteiger charge is 2.22. The molecule has 1 N–H and O–H groups in total. The van der Waals surface area contributed by atoms with Crippen LogP contribution in [0.5, 0.6) is 11.5 Å². The Morgan fingerprint density at radius 2 is 1.69 bits per heavy atom. The summed E-state index contributed by atoms with van der Waals surface area (Å²) in [5.41, 5.74) is 2.53. The van der Waals surface area contributed by atoms with Gasteiger partial charge in [-0.2, -0.15) is 5.10 Å². The molecule has 0 radical (unpaired) electrons. The molecular formula is C24H27N5O6. The maximum atomic E-state index is 13.0. The number of ether oxygens (including phenoxy) is 2. The first-order valence-electron chi connectivity index (χ1n) is 10.6. The molecule has 11 nitrogen and oxygen atoms in total. The molecule has 1 aromatic heterocycles. The number of nitrogens with zero attached hydrogens (tertiary/aromatic N) is 4. The van der Waals surface area contributed by atoms with Crippen molar-refractivity contribution in [3.05, 3.63) is 74.6 Å². The van der Waals surface area contributed by atoms with Crippen molar-refractivity contribution < 1.29 is 24.0 Å². The average Bonchev–Trinajstić information content (AvgIpc) is 3.11. The highest BCUT2D eigenvalue weighted by molar-refractivity contribution is 6.09. The molecule has 2 aromatic carbocycles. The van der Waals surface area contributed by atoms with Crippen LogP contribution in [-0.4, -0.2) is 59.7 Å². The minimum absolute atomic E-state index is 0.000932. The molecule has 0 unspecified atom stereocenters. The number of rotatable bonds is 8. The summed E-state index contributed by atoms with van der Waals surface area (Å²) in [6.45, 7) is 3.56. The number of aromatic nitrogens is 2. The SMILES string of the molecule is COc1cc(NC(=O)c2ccc(Cn3nc(C)c([N+](=O)[O-])c3C)cc2)c(C(=O)N(C)C)cc1OC. The first-order chi connectivity index (χ1) is 16.6. The zero-order chi connectivity index (χ0) is 25.9. The Morgan fingerprint density at radius 3 is 2.20 bits per heavy atom. The Labute approximate surface area is 202 Å². The van der Waals surface area contributed by atoms with E-state index in [1.807, 2.05) is 0 Å². The molecule has 0 aliphatic carbocycles. The van der Waals surface area contributed by atoms with Gasteiger partial charge in [-0.15, -0.1) is 0 Å². The highest BCUT2D eigenvalue weighted by atomic mass is 16.6. The first kappa shape index (κ1) is 25.2. The van der Waals surface area contributed by atoms with E-state index in [2.05, 4.69) is 10.4 Å². The van der Waals surface area contributed by atoms with Crippen LogP contribution in [-0.2, 0) is 6.54 Å². The summed E-state index contributed by atoms with van der Waals surface area (Å²) in [5, 5.41) is 18.3. The molecule has 3 rings (SSSR count). The van der Waals surface area contributed by atoms with Gasteiger partial charge in [0.2, 0.25) is 0 Å². The normalized spacial score (nSPS) is 10.6. The summed E-state index contributed by atoms with van der Waals surface area (Å²) in [4.78, 5) is 37.8. The highest BCUT2D eigenvalue weighted by Crippen LogP contribution is 2.34. The average molecular weight is 482 g/mol. The molecule has 0 saturated carbocycles. The van der Waals surface area contributed by atoms with Gasteiger partial charge in [-0.25, -0.2) is 0 Å². The van der Waals surface area contributed by atoms with Crippen molar-refractivity contribution >= 4 is 23.2 Å². The Morgan fingerprint density at radius 1 is 1.09 bits per heavy atom. The minimum Gasteiger partial charge on any atom is -0.493 e. The van der Waals surface area contributed by atoms with Crippen LogP contribution in [0, 0.1) is 24.0 Å². The smallest absolute Gasteiger partial charge is 0.312 e. The predicted molar refractivity (Wildman–Crippen MR) is 129 cm³/mol. The van der Waals surface area contributed by atoms with Gasteiger partial charge in [0.25, 0.3) is 11.8 Å². The van der Waals surface area contributed by atoms with E-state index in [-0.39, 0.29) is 22.8 Å². The van der Waals surface area contributed by atoms with Crippen LogP contribution in [0.1, 0.15) is 37.7 Å². The number of hydrogen-bond acceptors (Lipinski definition) is 7. The number of carbonyl (C=O) groups excluding carboxylic acids is 2. The van der Waals surface area contributed by atoms with Crippen LogP contribution in [0.4, 0.5) is 11.4 Å². The van der Waals surface area contributed by atoms with Crippen LogP contribution in [0.25, 0.3) is 0 Å². The molecule has 35 heavy (non-hydrogen) atoms. The van der Waals surface area contributed by atoms with Crippen molar-refractivity contribution in [1.29, 1.82) is 0 Å². The lowest BCUT2D eigenvalue weighted by molar-refractivity contribution is -0.386. The molecule has 0 bridgehead atoms.